The van der Waals surface area contributed by atoms with Crippen LogP contribution >= 0.6 is 0 Å². The molecule has 3 amide bonds. The number of rotatable bonds is 15. The Morgan fingerprint density at radius 2 is 1.08 bits per heavy atom. The maximum Gasteiger partial charge on any atom is 0.407 e. The third-order valence-electron chi connectivity index (χ3n) is 17.9. The second kappa shape index (κ2) is 23.7. The van der Waals surface area contributed by atoms with Gasteiger partial charge in [0.05, 0.1) is 57.1 Å². The normalized spacial score (nSPS) is 21.2. The van der Waals surface area contributed by atoms with Gasteiger partial charge in [-0.25, -0.2) is 14.8 Å². The monoisotopic (exact) mass is 1170 g/mol. The quantitative estimate of drug-likeness (QED) is 0.0598. The molecule has 6 aromatic heterocycles. The van der Waals surface area contributed by atoms with Crippen molar-refractivity contribution in [3.8, 4) is 22.9 Å². The Labute approximate surface area is 496 Å². The lowest BCUT2D eigenvalue weighted by atomic mass is 9.90. The molecule has 86 heavy (non-hydrogen) atoms. The van der Waals surface area contributed by atoms with E-state index in [0.29, 0.717) is 65.8 Å². The molecule has 2 aromatic carbocycles. The van der Waals surface area contributed by atoms with Crippen LogP contribution in [-0.4, -0.2) is 124 Å². The summed E-state index contributed by atoms with van der Waals surface area (Å²) in [7, 11) is 2.63. The van der Waals surface area contributed by atoms with E-state index in [9.17, 15) is 19.2 Å². The summed E-state index contributed by atoms with van der Waals surface area (Å²) in [5.74, 6) is 3.53. The molecule has 6 aliphatic rings. The van der Waals surface area contributed by atoms with Gasteiger partial charge in [0.25, 0.3) is 0 Å². The average molecular weight is 1170 g/mol. The molecule has 4 fully saturated rings. The number of aromatic nitrogens is 4. The van der Waals surface area contributed by atoms with Crippen molar-refractivity contribution in [1.82, 2.24) is 45.7 Å². The Kier molecular flexibility index (Phi) is 15.6. The first-order valence-electron chi connectivity index (χ1n) is 30.3. The summed E-state index contributed by atoms with van der Waals surface area (Å²) in [6, 6.07) is 15.8. The molecule has 21 heteroatoms. The number of nitrogens with zero attached hydrogens (tertiary/aromatic N) is 6. The Balaban J connectivity index is 0.000000181. The summed E-state index contributed by atoms with van der Waals surface area (Å²) < 4.78 is 34.7. The molecule has 21 nitrogen and oxygen atoms in total. The minimum atomic E-state index is -0.711. The number of aliphatic imine (C=N–C) groups is 2. The van der Waals surface area contributed by atoms with E-state index in [-0.39, 0.29) is 48.1 Å². The smallest absolute Gasteiger partial charge is 0.407 e. The third kappa shape index (κ3) is 11.2. The molecule has 448 valence electrons. The van der Waals surface area contributed by atoms with Gasteiger partial charge in [-0.1, -0.05) is 27.7 Å². The van der Waals surface area contributed by atoms with Crippen LogP contribution in [0.4, 0.5) is 4.79 Å². The third-order valence-corrected chi connectivity index (χ3v) is 17.9. The molecule has 0 spiro atoms. The molecule has 0 aliphatic carbocycles. The van der Waals surface area contributed by atoms with Crippen molar-refractivity contribution < 1.29 is 46.3 Å². The van der Waals surface area contributed by atoms with Crippen LogP contribution in [0.15, 0.2) is 101 Å². The predicted molar refractivity (Wildman–Crippen MR) is 326 cm³/mol. The summed E-state index contributed by atoms with van der Waals surface area (Å²) in [6.45, 7) is 11.0. The zero-order valence-corrected chi connectivity index (χ0v) is 49.4. The van der Waals surface area contributed by atoms with E-state index in [2.05, 4.69) is 65.1 Å². The highest BCUT2D eigenvalue weighted by Gasteiger charge is 2.40. The van der Waals surface area contributed by atoms with Gasteiger partial charge in [-0.3, -0.25) is 24.4 Å². The molecule has 0 bridgehead atoms. The number of imidazole rings is 2. The lowest BCUT2D eigenvalue weighted by molar-refractivity contribution is -0.148. The highest BCUT2D eigenvalue weighted by Crippen LogP contribution is 2.40. The van der Waals surface area contributed by atoms with Crippen molar-refractivity contribution in [1.29, 1.82) is 0 Å². The van der Waals surface area contributed by atoms with Crippen molar-refractivity contribution in [3.05, 3.63) is 96.5 Å². The summed E-state index contributed by atoms with van der Waals surface area (Å²) in [6.07, 6.45) is 16.2. The average Bonchev–Trinajstić information content (AvgIpc) is 2.05. The molecular weight excluding hydrogens is 1090 g/mol. The first-order chi connectivity index (χ1) is 41.7. The number of carbonyl (C=O) groups excluding carboxylic acids is 4. The van der Waals surface area contributed by atoms with E-state index < -0.39 is 18.1 Å². The highest BCUT2D eigenvalue weighted by molar-refractivity contribution is 6.05. The van der Waals surface area contributed by atoms with Gasteiger partial charge < -0.3 is 62.9 Å². The summed E-state index contributed by atoms with van der Waals surface area (Å²) in [4.78, 5) is 80.3. The number of esters is 1. The van der Waals surface area contributed by atoms with Crippen molar-refractivity contribution in [2.24, 2.45) is 27.7 Å². The van der Waals surface area contributed by atoms with Gasteiger partial charge in [0, 0.05) is 88.5 Å². The van der Waals surface area contributed by atoms with E-state index >= 15 is 0 Å². The summed E-state index contributed by atoms with van der Waals surface area (Å²) >= 11 is 0. The maximum absolute atomic E-state index is 13.6. The van der Waals surface area contributed by atoms with Gasteiger partial charge in [0.15, 0.2) is 11.5 Å². The second-order valence-corrected chi connectivity index (χ2v) is 24.2. The standard InChI is InChI=1S/C40H48N6O8.C25H25N5O2/c1-21(2)26(18-35(47)51-5)38(48)45-11-7-9-29(45)27-13-25(19-41-27)33-16-23-14-32-24(15-31(23)53-33)17-34(54-32)28-20-42-37(43-28)30-10-8-12-46(30)39(49)36(22(3)4)44-40(50)52-6;1-3-17(26-5-1)19-7-16(12-28-19)23-10-14-8-22-15(9-21(14)31-23)11-24(32-22)20-13-29-25(30-20)18-4-2-6-27-18/h14-17,19-22,26,29-30,36H,7-13,18H2,1-6H3,(H,42,43)(H,44,50);8-13,17-18,26-27H,1-7H2,(H,29,30)/t26-,29-,30-,36-;17-,18-/m00/s1. The summed E-state index contributed by atoms with van der Waals surface area (Å²) in [5, 5.41) is 13.5. The molecular formula is C65H73N11O10. The van der Waals surface area contributed by atoms with E-state index in [1.54, 1.807) is 11.1 Å². The van der Waals surface area contributed by atoms with E-state index in [0.717, 1.165) is 124 Å². The Morgan fingerprint density at radius 1 is 0.581 bits per heavy atom. The molecule has 8 aromatic rings. The highest BCUT2D eigenvalue weighted by atomic mass is 16.5. The number of benzene rings is 2. The zero-order chi connectivity index (χ0) is 59.3. The molecule has 6 atom stereocenters. The van der Waals surface area contributed by atoms with Gasteiger partial charge >= 0.3 is 12.1 Å². The molecule has 0 radical (unpaired) electrons. The molecule has 0 unspecified atom stereocenters. The molecule has 5 N–H and O–H groups in total. The number of nitrogens with one attached hydrogen (secondary N) is 5. The van der Waals surface area contributed by atoms with Gasteiger partial charge in [-0.2, -0.15) is 0 Å². The number of amides is 3. The van der Waals surface area contributed by atoms with Crippen LogP contribution in [0.25, 0.3) is 77.9 Å². The van der Waals surface area contributed by atoms with Crippen LogP contribution in [0.1, 0.15) is 134 Å². The van der Waals surface area contributed by atoms with Crippen molar-refractivity contribution in [3.63, 3.8) is 0 Å². The Hall–Kier alpha value is -8.56. The number of methoxy groups -OCH3 is 2. The first kappa shape index (κ1) is 56.6. The Morgan fingerprint density at radius 3 is 1.62 bits per heavy atom. The molecule has 4 saturated heterocycles. The molecule has 6 aliphatic heterocycles. The maximum atomic E-state index is 13.6. The number of aromatic amines is 2. The zero-order valence-electron chi connectivity index (χ0n) is 49.4. The van der Waals surface area contributed by atoms with Crippen LogP contribution < -0.4 is 16.0 Å². The predicted octanol–water partition coefficient (Wildman–Crippen LogP) is 11.6. The Bertz CT molecular complexity index is 3920. The van der Waals surface area contributed by atoms with Crippen molar-refractivity contribution in [2.45, 2.75) is 129 Å². The lowest BCUT2D eigenvalue weighted by Gasteiger charge is -2.30. The fourth-order valence-corrected chi connectivity index (χ4v) is 13.1. The number of fused-ring (bicyclic) bond motifs is 4. The number of hydrogen-bond donors (Lipinski definition) is 5. The SMILES string of the molecule is C1=C(c2cc3cc4oc(-c5cnc([C@@H]6CCCN6)[nH]5)cc4cc3o2)CC([C@@H]2CCCN2)=N1.COC(=O)C[C@H](C(=O)N1CCC[C@H]1C1=NC=C(c2cc3cc4oc(-c5cnc([C@@H]6CCCN6C(=O)[C@@H](NC(=O)OC)C(C)C)[nH]5)cc4cc3o2)C1)C(C)C. The fourth-order valence-electron chi connectivity index (χ4n) is 13.1. The van der Waals surface area contributed by atoms with Gasteiger partial charge in [-0.15, -0.1) is 0 Å². The number of allylic oxidation sites excluding steroid dienone is 2. The minimum absolute atomic E-state index is 0.00286. The first-order valence-corrected chi connectivity index (χ1v) is 30.3. The van der Waals surface area contributed by atoms with Gasteiger partial charge in [-0.05, 0) is 125 Å². The number of likely N-dealkylation sites (tertiary alicyclic amines) is 2. The van der Waals surface area contributed by atoms with Crippen molar-refractivity contribution in [2.75, 3.05) is 40.4 Å². The number of carbonyl (C=O) groups is 4. The number of hydrogen-bond acceptors (Lipinski definition) is 16. The van der Waals surface area contributed by atoms with E-state index in [1.807, 2.05) is 75.5 Å². The number of H-pyrrole nitrogens is 2. The van der Waals surface area contributed by atoms with Crippen LogP contribution in [0.5, 0.6) is 0 Å². The molecule has 14 rings (SSSR count). The molecule has 12 heterocycles. The number of furan rings is 4. The van der Waals surface area contributed by atoms with E-state index in [4.69, 9.17) is 32.1 Å². The van der Waals surface area contributed by atoms with Crippen molar-refractivity contribution >= 4 is 90.3 Å². The molecule has 0 saturated carbocycles. The van der Waals surface area contributed by atoms with Crippen LogP contribution in [-0.2, 0) is 23.9 Å². The fraction of sp³-hybridized carbons (Fsp3) is 0.446. The van der Waals surface area contributed by atoms with Gasteiger partial charge in [0.2, 0.25) is 11.8 Å². The number of ether oxygens (including phenoxy) is 2. The van der Waals surface area contributed by atoms with E-state index in [1.165, 1.54) is 39.2 Å². The minimum Gasteiger partial charge on any atom is -0.469 e. The lowest BCUT2D eigenvalue weighted by Crippen LogP contribution is -2.51. The largest absolute Gasteiger partial charge is 0.469 e. The van der Waals surface area contributed by atoms with Crippen LogP contribution in [0.2, 0.25) is 0 Å². The van der Waals surface area contributed by atoms with Crippen LogP contribution in [0.3, 0.4) is 0 Å². The van der Waals surface area contributed by atoms with Gasteiger partial charge in [0.1, 0.15) is 62.9 Å². The topological polar surface area (TPSA) is 264 Å². The number of alkyl carbamates (subject to hydrolysis) is 1. The second-order valence-electron chi connectivity index (χ2n) is 24.2. The summed E-state index contributed by atoms with van der Waals surface area (Å²) in [5.41, 5.74) is 8.96. The van der Waals surface area contributed by atoms with Crippen LogP contribution in [0, 0.1) is 17.8 Å².